The summed E-state index contributed by atoms with van der Waals surface area (Å²) in [6, 6.07) is 1.07. The van der Waals surface area contributed by atoms with Crippen molar-refractivity contribution in [2.24, 2.45) is 7.05 Å². The van der Waals surface area contributed by atoms with Crippen LogP contribution in [0, 0.1) is 6.92 Å². The first-order chi connectivity index (χ1) is 9.32. The smallest absolute Gasteiger partial charge is 0.377 e. The fourth-order valence-electron chi connectivity index (χ4n) is 1.88. The summed E-state index contributed by atoms with van der Waals surface area (Å²) >= 11 is 0. The standard InChI is InChI=1S/C12H16F3N5/c1-4-20-11(12(13,14)15)5-9(18-20)6-16-10-7-17-19(3)8(10)2/h5,7,16H,4,6H2,1-3H3. The molecule has 0 aliphatic heterocycles. The number of nitrogens with zero attached hydrogens (tertiary/aromatic N) is 4. The summed E-state index contributed by atoms with van der Waals surface area (Å²) in [5.74, 6) is 0. The molecular weight excluding hydrogens is 271 g/mol. The molecule has 0 radical (unpaired) electrons. The van der Waals surface area contributed by atoms with Gasteiger partial charge in [-0.25, -0.2) is 0 Å². The monoisotopic (exact) mass is 287 g/mol. The maximum atomic E-state index is 12.8. The van der Waals surface area contributed by atoms with Crippen LogP contribution in [-0.2, 0) is 26.3 Å². The van der Waals surface area contributed by atoms with Crippen molar-refractivity contribution in [2.45, 2.75) is 33.1 Å². The molecule has 2 heterocycles. The van der Waals surface area contributed by atoms with Gasteiger partial charge in [-0.1, -0.05) is 0 Å². The predicted octanol–water partition coefficient (Wildman–Crippen LogP) is 2.58. The van der Waals surface area contributed by atoms with E-state index in [0.717, 1.165) is 22.1 Å². The third-order valence-electron chi connectivity index (χ3n) is 3.12. The zero-order chi connectivity index (χ0) is 14.9. The van der Waals surface area contributed by atoms with E-state index in [1.165, 1.54) is 0 Å². The van der Waals surface area contributed by atoms with Gasteiger partial charge in [0.25, 0.3) is 0 Å². The van der Waals surface area contributed by atoms with E-state index in [1.807, 2.05) is 6.92 Å². The Morgan fingerprint density at radius 2 is 2.05 bits per heavy atom. The van der Waals surface area contributed by atoms with E-state index in [0.29, 0.717) is 5.69 Å². The summed E-state index contributed by atoms with van der Waals surface area (Å²) in [4.78, 5) is 0. The molecule has 8 heteroatoms. The molecule has 110 valence electrons. The number of hydrogen-bond acceptors (Lipinski definition) is 3. The zero-order valence-electron chi connectivity index (χ0n) is 11.5. The average molecular weight is 287 g/mol. The molecule has 0 aliphatic carbocycles. The SMILES string of the molecule is CCn1nc(CNc2cnn(C)c2C)cc1C(F)(F)F. The molecule has 0 bridgehead atoms. The highest BCUT2D eigenvalue weighted by Crippen LogP contribution is 2.30. The molecule has 5 nitrogen and oxygen atoms in total. The molecule has 2 aromatic heterocycles. The van der Waals surface area contributed by atoms with Crippen LogP contribution in [0.5, 0.6) is 0 Å². The first-order valence-corrected chi connectivity index (χ1v) is 6.19. The summed E-state index contributed by atoms with van der Waals surface area (Å²) in [6.45, 7) is 3.91. The maximum Gasteiger partial charge on any atom is 0.433 e. The number of aromatic nitrogens is 4. The fraction of sp³-hybridized carbons (Fsp3) is 0.500. The van der Waals surface area contributed by atoms with Gasteiger partial charge in [0.05, 0.1) is 29.8 Å². The number of aryl methyl sites for hydroxylation is 2. The minimum atomic E-state index is -4.38. The van der Waals surface area contributed by atoms with Gasteiger partial charge in [0.2, 0.25) is 0 Å². The van der Waals surface area contributed by atoms with Crippen LogP contribution < -0.4 is 5.32 Å². The van der Waals surface area contributed by atoms with Gasteiger partial charge in [-0.3, -0.25) is 9.36 Å². The lowest BCUT2D eigenvalue weighted by Gasteiger charge is -2.07. The number of hydrogen-bond donors (Lipinski definition) is 1. The van der Waals surface area contributed by atoms with Gasteiger partial charge in [0.15, 0.2) is 0 Å². The Hall–Kier alpha value is -1.99. The molecule has 0 atom stereocenters. The fourth-order valence-corrected chi connectivity index (χ4v) is 1.88. The highest BCUT2D eigenvalue weighted by molar-refractivity contribution is 5.45. The lowest BCUT2D eigenvalue weighted by Crippen LogP contribution is -2.13. The predicted molar refractivity (Wildman–Crippen MR) is 68.2 cm³/mol. The van der Waals surface area contributed by atoms with Crippen LogP contribution >= 0.6 is 0 Å². The van der Waals surface area contributed by atoms with E-state index in [1.54, 1.807) is 24.9 Å². The van der Waals surface area contributed by atoms with Gasteiger partial charge < -0.3 is 5.32 Å². The Morgan fingerprint density at radius 3 is 2.50 bits per heavy atom. The Balaban J connectivity index is 2.14. The number of halogens is 3. The van der Waals surface area contributed by atoms with E-state index in [4.69, 9.17) is 0 Å². The second-order valence-electron chi connectivity index (χ2n) is 4.46. The van der Waals surface area contributed by atoms with Gasteiger partial charge in [-0.15, -0.1) is 0 Å². The molecule has 0 saturated carbocycles. The minimum Gasteiger partial charge on any atom is -0.377 e. The molecule has 0 fully saturated rings. The first kappa shape index (κ1) is 14.4. The van der Waals surface area contributed by atoms with E-state index in [2.05, 4.69) is 15.5 Å². The highest BCUT2D eigenvalue weighted by Gasteiger charge is 2.35. The van der Waals surface area contributed by atoms with E-state index in [9.17, 15) is 13.2 Å². The van der Waals surface area contributed by atoms with Gasteiger partial charge in [-0.05, 0) is 19.9 Å². The van der Waals surface area contributed by atoms with Crippen LogP contribution in [0.1, 0.15) is 24.0 Å². The Kier molecular flexibility index (Phi) is 3.74. The third-order valence-corrected chi connectivity index (χ3v) is 3.12. The number of nitrogens with one attached hydrogen (secondary N) is 1. The Labute approximate surface area is 114 Å². The number of anilines is 1. The molecular formula is C12H16F3N5. The van der Waals surface area contributed by atoms with Crippen LogP contribution in [0.4, 0.5) is 18.9 Å². The zero-order valence-corrected chi connectivity index (χ0v) is 11.5. The molecule has 0 unspecified atom stereocenters. The van der Waals surface area contributed by atoms with Crippen molar-refractivity contribution in [1.82, 2.24) is 19.6 Å². The van der Waals surface area contributed by atoms with Crippen LogP contribution in [0.15, 0.2) is 12.3 Å². The van der Waals surface area contributed by atoms with Crippen LogP contribution in [0.3, 0.4) is 0 Å². The summed E-state index contributed by atoms with van der Waals surface area (Å²) in [6.07, 6.45) is -2.75. The summed E-state index contributed by atoms with van der Waals surface area (Å²) in [7, 11) is 1.80. The van der Waals surface area contributed by atoms with E-state index in [-0.39, 0.29) is 13.1 Å². The third kappa shape index (κ3) is 2.78. The second-order valence-corrected chi connectivity index (χ2v) is 4.46. The summed E-state index contributed by atoms with van der Waals surface area (Å²) in [5.41, 5.74) is 1.32. The molecule has 2 rings (SSSR count). The van der Waals surface area contributed by atoms with Gasteiger partial charge in [0.1, 0.15) is 5.69 Å². The Bertz CT molecular complexity index is 597. The molecule has 0 aliphatic rings. The number of alkyl halides is 3. The van der Waals surface area contributed by atoms with Crippen molar-refractivity contribution in [2.75, 3.05) is 5.32 Å². The second kappa shape index (κ2) is 5.18. The van der Waals surface area contributed by atoms with Crippen molar-refractivity contribution in [3.05, 3.63) is 29.3 Å². The van der Waals surface area contributed by atoms with Crippen molar-refractivity contribution < 1.29 is 13.2 Å². The van der Waals surface area contributed by atoms with Gasteiger partial charge in [-0.2, -0.15) is 23.4 Å². The maximum absolute atomic E-state index is 12.8. The molecule has 2 aromatic rings. The van der Waals surface area contributed by atoms with Crippen molar-refractivity contribution in [3.8, 4) is 0 Å². The largest absolute Gasteiger partial charge is 0.433 e. The van der Waals surface area contributed by atoms with Gasteiger partial charge >= 0.3 is 6.18 Å². The van der Waals surface area contributed by atoms with Gasteiger partial charge in [0, 0.05) is 13.6 Å². The normalized spacial score (nSPS) is 11.9. The number of rotatable bonds is 4. The van der Waals surface area contributed by atoms with Crippen molar-refractivity contribution in [3.63, 3.8) is 0 Å². The first-order valence-electron chi connectivity index (χ1n) is 6.19. The lowest BCUT2D eigenvalue weighted by atomic mass is 10.3. The molecule has 0 amide bonds. The van der Waals surface area contributed by atoms with Crippen molar-refractivity contribution in [1.29, 1.82) is 0 Å². The molecule has 0 saturated heterocycles. The van der Waals surface area contributed by atoms with Crippen LogP contribution in [0.2, 0.25) is 0 Å². The summed E-state index contributed by atoms with van der Waals surface area (Å²) in [5, 5.41) is 11.0. The average Bonchev–Trinajstić information content (AvgIpc) is 2.93. The topological polar surface area (TPSA) is 47.7 Å². The highest BCUT2D eigenvalue weighted by atomic mass is 19.4. The Morgan fingerprint density at radius 1 is 1.35 bits per heavy atom. The molecule has 0 aromatic carbocycles. The molecule has 0 spiro atoms. The van der Waals surface area contributed by atoms with E-state index < -0.39 is 11.9 Å². The minimum absolute atomic E-state index is 0.181. The molecule has 1 N–H and O–H groups in total. The van der Waals surface area contributed by atoms with Crippen LogP contribution in [0.25, 0.3) is 0 Å². The molecule has 20 heavy (non-hydrogen) atoms. The van der Waals surface area contributed by atoms with E-state index >= 15 is 0 Å². The van der Waals surface area contributed by atoms with Crippen molar-refractivity contribution >= 4 is 5.69 Å². The quantitative estimate of drug-likeness (QED) is 0.940. The summed E-state index contributed by atoms with van der Waals surface area (Å²) < 4.78 is 41.0. The lowest BCUT2D eigenvalue weighted by molar-refractivity contribution is -0.144. The van der Waals surface area contributed by atoms with Crippen LogP contribution in [-0.4, -0.2) is 19.6 Å².